The minimum atomic E-state index is -0.764. The van der Waals surface area contributed by atoms with Gasteiger partial charge in [-0.3, -0.25) is 4.79 Å². The van der Waals surface area contributed by atoms with Crippen LogP contribution in [0.3, 0.4) is 0 Å². The van der Waals surface area contributed by atoms with Gasteiger partial charge in [-0.2, -0.15) is 0 Å². The van der Waals surface area contributed by atoms with Gasteiger partial charge >= 0.3 is 5.97 Å². The van der Waals surface area contributed by atoms with E-state index in [0.717, 1.165) is 14.2 Å². The highest BCUT2D eigenvalue weighted by molar-refractivity contribution is 9.10. The molecule has 2 atom stereocenters. The molecule has 1 saturated heterocycles. The molecule has 0 amide bonds. The average molecular weight is 291 g/mol. The van der Waals surface area contributed by atoms with E-state index in [2.05, 4.69) is 15.9 Å². The van der Waals surface area contributed by atoms with Crippen LogP contribution in [0.1, 0.15) is 22.3 Å². The van der Waals surface area contributed by atoms with E-state index in [0.29, 0.717) is 13.0 Å². The van der Waals surface area contributed by atoms with Crippen LogP contribution >= 0.6 is 27.3 Å². The van der Waals surface area contributed by atoms with Crippen molar-refractivity contribution in [1.82, 2.24) is 0 Å². The number of aliphatic carboxylic acids is 1. The number of hydrogen-bond acceptors (Lipinski definition) is 3. The van der Waals surface area contributed by atoms with E-state index in [9.17, 15) is 4.79 Å². The van der Waals surface area contributed by atoms with E-state index in [1.807, 2.05) is 13.0 Å². The molecule has 0 aliphatic carbocycles. The lowest BCUT2D eigenvalue weighted by atomic mass is 10.0. The highest BCUT2D eigenvalue weighted by Crippen LogP contribution is 2.40. The van der Waals surface area contributed by atoms with E-state index in [1.54, 1.807) is 11.3 Å². The topological polar surface area (TPSA) is 46.5 Å². The number of carbonyl (C=O) groups is 1. The number of hydrogen-bond donors (Lipinski definition) is 1. The molecule has 1 aliphatic heterocycles. The minimum Gasteiger partial charge on any atom is -0.481 e. The van der Waals surface area contributed by atoms with Gasteiger partial charge in [-0.15, -0.1) is 11.3 Å². The zero-order valence-corrected chi connectivity index (χ0v) is 10.6. The fourth-order valence-electron chi connectivity index (χ4n) is 1.74. The maximum Gasteiger partial charge on any atom is 0.309 e. The molecule has 82 valence electrons. The lowest BCUT2D eigenvalue weighted by molar-refractivity contribution is -0.143. The van der Waals surface area contributed by atoms with Crippen molar-refractivity contribution in [3.63, 3.8) is 0 Å². The van der Waals surface area contributed by atoms with Gasteiger partial charge in [-0.25, -0.2) is 0 Å². The Bertz CT molecular complexity index is 369. The van der Waals surface area contributed by atoms with Crippen molar-refractivity contribution < 1.29 is 14.6 Å². The lowest BCUT2D eigenvalue weighted by Gasteiger charge is -2.12. The molecule has 0 spiro atoms. The summed E-state index contributed by atoms with van der Waals surface area (Å²) in [5.41, 5.74) is 0. The van der Waals surface area contributed by atoms with Gasteiger partial charge in [0.1, 0.15) is 6.10 Å². The number of thiophene rings is 1. The van der Waals surface area contributed by atoms with Crippen LogP contribution in [0.2, 0.25) is 0 Å². The van der Waals surface area contributed by atoms with Crippen LogP contribution in [0.15, 0.2) is 10.5 Å². The van der Waals surface area contributed by atoms with Gasteiger partial charge in [0.05, 0.1) is 5.92 Å². The lowest BCUT2D eigenvalue weighted by Crippen LogP contribution is -2.16. The number of halogens is 1. The molecule has 2 heterocycles. The summed E-state index contributed by atoms with van der Waals surface area (Å²) in [5, 5.41) is 9.03. The monoisotopic (exact) mass is 290 g/mol. The molecule has 1 fully saturated rings. The van der Waals surface area contributed by atoms with Gasteiger partial charge in [0.25, 0.3) is 0 Å². The number of carboxylic acids is 1. The fraction of sp³-hybridized carbons (Fsp3) is 0.500. The van der Waals surface area contributed by atoms with Crippen LogP contribution < -0.4 is 0 Å². The second-order valence-corrected chi connectivity index (χ2v) is 5.72. The molecule has 2 rings (SSSR count). The number of ether oxygens (including phenoxy) is 1. The van der Waals surface area contributed by atoms with E-state index in [1.165, 1.54) is 0 Å². The van der Waals surface area contributed by atoms with E-state index < -0.39 is 11.9 Å². The zero-order chi connectivity index (χ0) is 11.0. The smallest absolute Gasteiger partial charge is 0.309 e. The maximum absolute atomic E-state index is 11.0. The first-order valence-electron chi connectivity index (χ1n) is 4.70. The predicted octanol–water partition coefficient (Wildman–Crippen LogP) is 2.98. The minimum absolute atomic E-state index is 0.266. The van der Waals surface area contributed by atoms with Crippen molar-refractivity contribution in [3.05, 3.63) is 20.3 Å². The maximum atomic E-state index is 11.0. The van der Waals surface area contributed by atoms with Crippen molar-refractivity contribution in [2.45, 2.75) is 19.4 Å². The highest BCUT2D eigenvalue weighted by atomic mass is 79.9. The summed E-state index contributed by atoms with van der Waals surface area (Å²) in [6, 6.07) is 1.96. The normalized spacial score (nSPS) is 25.7. The molecule has 1 aromatic rings. The molecule has 15 heavy (non-hydrogen) atoms. The Balaban J connectivity index is 2.26. The number of carboxylic acid groups (broad SMARTS) is 1. The largest absolute Gasteiger partial charge is 0.481 e. The molecule has 0 bridgehead atoms. The molecule has 1 aromatic heterocycles. The molecule has 1 N–H and O–H groups in total. The Morgan fingerprint density at radius 1 is 1.73 bits per heavy atom. The molecular weight excluding hydrogens is 280 g/mol. The Morgan fingerprint density at radius 3 is 3.00 bits per heavy atom. The van der Waals surface area contributed by atoms with Gasteiger partial charge in [0.15, 0.2) is 0 Å². The standard InChI is InChI=1S/C10H11BrO3S/c1-5-7(11)4-8(15-5)9-6(10(12)13)2-3-14-9/h4,6,9H,2-3H2,1H3,(H,12,13). The van der Waals surface area contributed by atoms with Crippen molar-refractivity contribution in [2.24, 2.45) is 5.92 Å². The molecule has 2 unspecified atom stereocenters. The van der Waals surface area contributed by atoms with Gasteiger partial charge in [0.2, 0.25) is 0 Å². The van der Waals surface area contributed by atoms with Gasteiger partial charge in [-0.1, -0.05) is 0 Å². The molecule has 5 heteroatoms. The average Bonchev–Trinajstić information content (AvgIpc) is 2.73. The SMILES string of the molecule is Cc1sc(C2OCCC2C(=O)O)cc1Br. The van der Waals surface area contributed by atoms with Crippen LogP contribution in [-0.2, 0) is 9.53 Å². The third-order valence-electron chi connectivity index (χ3n) is 2.57. The van der Waals surface area contributed by atoms with E-state index in [4.69, 9.17) is 9.84 Å². The summed E-state index contributed by atoms with van der Waals surface area (Å²) >= 11 is 5.03. The summed E-state index contributed by atoms with van der Waals surface area (Å²) in [7, 11) is 0. The molecule has 0 radical (unpaired) electrons. The quantitative estimate of drug-likeness (QED) is 0.911. The van der Waals surface area contributed by atoms with Gasteiger partial charge in [-0.05, 0) is 35.3 Å². The van der Waals surface area contributed by atoms with E-state index in [-0.39, 0.29) is 6.10 Å². The molecular formula is C10H11BrO3S. The molecule has 0 saturated carbocycles. The van der Waals surface area contributed by atoms with Crippen LogP contribution in [-0.4, -0.2) is 17.7 Å². The Morgan fingerprint density at radius 2 is 2.47 bits per heavy atom. The van der Waals surface area contributed by atoms with Crippen molar-refractivity contribution in [1.29, 1.82) is 0 Å². The van der Waals surface area contributed by atoms with Gasteiger partial charge in [0, 0.05) is 20.8 Å². The zero-order valence-electron chi connectivity index (χ0n) is 8.20. The Hall–Kier alpha value is -0.390. The van der Waals surface area contributed by atoms with Crippen molar-refractivity contribution >= 4 is 33.2 Å². The van der Waals surface area contributed by atoms with Crippen molar-refractivity contribution in [3.8, 4) is 0 Å². The first-order valence-corrected chi connectivity index (χ1v) is 6.31. The predicted molar refractivity (Wildman–Crippen MR) is 61.2 cm³/mol. The molecule has 0 aromatic carbocycles. The first kappa shape index (κ1) is 11.1. The first-order chi connectivity index (χ1) is 7.09. The Kier molecular flexibility index (Phi) is 3.13. The Labute approximate surface area is 100 Å². The number of rotatable bonds is 2. The third kappa shape index (κ3) is 2.09. The van der Waals surface area contributed by atoms with E-state index >= 15 is 0 Å². The van der Waals surface area contributed by atoms with Crippen LogP contribution in [0, 0.1) is 12.8 Å². The van der Waals surface area contributed by atoms with Gasteiger partial charge < -0.3 is 9.84 Å². The summed E-state index contributed by atoms with van der Waals surface area (Å²) in [5.74, 6) is -1.16. The van der Waals surface area contributed by atoms with Crippen LogP contribution in [0.4, 0.5) is 0 Å². The summed E-state index contributed by atoms with van der Waals surface area (Å²) < 4.78 is 6.52. The summed E-state index contributed by atoms with van der Waals surface area (Å²) in [6.45, 7) is 2.54. The van der Waals surface area contributed by atoms with Crippen LogP contribution in [0.25, 0.3) is 0 Å². The molecule has 3 nitrogen and oxygen atoms in total. The highest BCUT2D eigenvalue weighted by Gasteiger charge is 2.36. The molecule has 1 aliphatic rings. The number of aryl methyl sites for hydroxylation is 1. The summed E-state index contributed by atoms with van der Waals surface area (Å²) in [4.78, 5) is 13.2. The van der Waals surface area contributed by atoms with Crippen LogP contribution in [0.5, 0.6) is 0 Å². The second kappa shape index (κ2) is 4.23. The second-order valence-electron chi connectivity index (χ2n) is 3.58. The summed E-state index contributed by atoms with van der Waals surface area (Å²) in [6.07, 6.45) is 0.340. The van der Waals surface area contributed by atoms with Crippen molar-refractivity contribution in [2.75, 3.05) is 6.61 Å². The third-order valence-corrected chi connectivity index (χ3v) is 4.76. The fourth-order valence-corrected chi connectivity index (χ4v) is 3.42.